The number of rotatable bonds is 0. The Morgan fingerprint density at radius 1 is 1.27 bits per heavy atom. The van der Waals surface area contributed by atoms with Crippen molar-refractivity contribution in [3.05, 3.63) is 30.0 Å². The molecule has 2 heterocycles. The fraction of sp³-hybridized carbons (Fsp3) is 0.500. The Hall–Kier alpha value is -1.38. The van der Waals surface area contributed by atoms with Crippen LogP contribution in [0.3, 0.4) is 0 Å². The summed E-state index contributed by atoms with van der Waals surface area (Å²) < 4.78 is 2.20. The van der Waals surface area contributed by atoms with Crippen LogP contribution < -0.4 is 0 Å². The summed E-state index contributed by atoms with van der Waals surface area (Å²) in [6, 6.07) is 0. The van der Waals surface area contributed by atoms with E-state index in [1.54, 1.807) is 0 Å². The molecule has 2 unspecified atom stereocenters. The molecule has 0 bridgehead atoms. The molecule has 15 heavy (non-hydrogen) atoms. The lowest BCUT2D eigenvalue weighted by molar-refractivity contribution is 0.508. The minimum Gasteiger partial charge on any atom is -0.301 e. The van der Waals surface area contributed by atoms with Crippen LogP contribution in [0.1, 0.15) is 49.9 Å². The van der Waals surface area contributed by atoms with Crippen LogP contribution in [-0.4, -0.2) is 14.4 Å². The molecule has 2 atom stereocenters. The predicted octanol–water partition coefficient (Wildman–Crippen LogP) is 2.73. The Morgan fingerprint density at radius 3 is 2.93 bits per heavy atom. The molecule has 0 N–H and O–H groups in total. The Kier molecular flexibility index (Phi) is 1.81. The van der Waals surface area contributed by atoms with Crippen molar-refractivity contribution in [2.45, 2.75) is 38.5 Å². The summed E-state index contributed by atoms with van der Waals surface area (Å²) in [5.41, 5.74) is 3.66. The summed E-state index contributed by atoms with van der Waals surface area (Å²) in [5, 5.41) is 0. The van der Waals surface area contributed by atoms with Crippen molar-refractivity contribution in [3.63, 3.8) is 0 Å². The van der Waals surface area contributed by atoms with E-state index in [4.69, 9.17) is 0 Å². The minimum atomic E-state index is 0.594. The van der Waals surface area contributed by atoms with Gasteiger partial charge in [-0.2, -0.15) is 0 Å². The third-order valence-electron chi connectivity index (χ3n) is 3.46. The first kappa shape index (κ1) is 8.89. The highest BCUT2D eigenvalue weighted by Crippen LogP contribution is 2.37. The SMILES string of the molecule is CC1CCC(C)c2c1nc1cnccn21. The van der Waals surface area contributed by atoms with Crippen molar-refractivity contribution in [2.75, 3.05) is 0 Å². The third kappa shape index (κ3) is 1.19. The van der Waals surface area contributed by atoms with E-state index in [0.29, 0.717) is 11.8 Å². The van der Waals surface area contributed by atoms with Crippen LogP contribution in [-0.2, 0) is 0 Å². The number of hydrogen-bond acceptors (Lipinski definition) is 2. The van der Waals surface area contributed by atoms with Gasteiger partial charge in [0.25, 0.3) is 0 Å². The lowest BCUT2D eigenvalue weighted by Crippen LogP contribution is -2.11. The monoisotopic (exact) mass is 201 g/mol. The van der Waals surface area contributed by atoms with Gasteiger partial charge in [-0.1, -0.05) is 13.8 Å². The second-order valence-corrected chi connectivity index (χ2v) is 4.57. The van der Waals surface area contributed by atoms with E-state index in [2.05, 4.69) is 28.2 Å². The fourth-order valence-electron chi connectivity index (χ4n) is 2.57. The maximum Gasteiger partial charge on any atom is 0.155 e. The van der Waals surface area contributed by atoms with Gasteiger partial charge < -0.3 is 4.40 Å². The standard InChI is InChI=1S/C12H15N3/c1-8-3-4-9(2)12-11(8)14-10-7-13-5-6-15(10)12/h5-9H,3-4H2,1-2H3. The summed E-state index contributed by atoms with van der Waals surface area (Å²) in [7, 11) is 0. The van der Waals surface area contributed by atoms with Crippen molar-refractivity contribution < 1.29 is 0 Å². The van der Waals surface area contributed by atoms with Gasteiger partial charge in [-0.25, -0.2) is 4.98 Å². The van der Waals surface area contributed by atoms with E-state index in [1.165, 1.54) is 24.2 Å². The zero-order chi connectivity index (χ0) is 10.4. The molecule has 0 aromatic carbocycles. The van der Waals surface area contributed by atoms with E-state index in [1.807, 2.05) is 18.6 Å². The summed E-state index contributed by atoms with van der Waals surface area (Å²) in [6.45, 7) is 4.56. The summed E-state index contributed by atoms with van der Waals surface area (Å²) >= 11 is 0. The predicted molar refractivity (Wildman–Crippen MR) is 59.1 cm³/mol. The molecule has 0 saturated carbocycles. The smallest absolute Gasteiger partial charge is 0.155 e. The normalized spacial score (nSPS) is 25.5. The molecule has 1 aliphatic carbocycles. The Labute approximate surface area is 89.2 Å². The van der Waals surface area contributed by atoms with Gasteiger partial charge >= 0.3 is 0 Å². The first-order valence-electron chi connectivity index (χ1n) is 5.59. The van der Waals surface area contributed by atoms with Crippen molar-refractivity contribution in [1.29, 1.82) is 0 Å². The van der Waals surface area contributed by atoms with Crippen LogP contribution in [0.2, 0.25) is 0 Å². The van der Waals surface area contributed by atoms with Crippen molar-refractivity contribution in [3.8, 4) is 0 Å². The minimum absolute atomic E-state index is 0.594. The second kappa shape index (κ2) is 3.05. The highest BCUT2D eigenvalue weighted by atomic mass is 15.0. The molecular weight excluding hydrogens is 186 g/mol. The Balaban J connectivity index is 2.34. The first-order chi connectivity index (χ1) is 7.27. The third-order valence-corrected chi connectivity index (χ3v) is 3.46. The molecule has 78 valence electrons. The van der Waals surface area contributed by atoms with Gasteiger partial charge in [0, 0.05) is 24.0 Å². The molecule has 3 rings (SSSR count). The average molecular weight is 201 g/mol. The van der Waals surface area contributed by atoms with Crippen LogP contribution >= 0.6 is 0 Å². The van der Waals surface area contributed by atoms with Crippen LogP contribution in [0.15, 0.2) is 18.6 Å². The van der Waals surface area contributed by atoms with Crippen molar-refractivity contribution in [2.24, 2.45) is 0 Å². The zero-order valence-corrected chi connectivity index (χ0v) is 9.14. The van der Waals surface area contributed by atoms with Crippen molar-refractivity contribution in [1.82, 2.24) is 14.4 Å². The number of nitrogens with zero attached hydrogens (tertiary/aromatic N) is 3. The molecular formula is C12H15N3. The number of fused-ring (bicyclic) bond motifs is 3. The van der Waals surface area contributed by atoms with Crippen LogP contribution in [0, 0.1) is 0 Å². The maximum absolute atomic E-state index is 4.69. The lowest BCUT2D eigenvalue weighted by Gasteiger charge is -2.23. The van der Waals surface area contributed by atoms with Gasteiger partial charge in [-0.05, 0) is 18.8 Å². The Morgan fingerprint density at radius 2 is 2.07 bits per heavy atom. The van der Waals surface area contributed by atoms with E-state index in [9.17, 15) is 0 Å². The summed E-state index contributed by atoms with van der Waals surface area (Å²) in [6.07, 6.45) is 8.23. The topological polar surface area (TPSA) is 30.2 Å². The molecule has 0 amide bonds. The molecule has 0 fully saturated rings. The van der Waals surface area contributed by atoms with Gasteiger partial charge in [0.2, 0.25) is 0 Å². The largest absolute Gasteiger partial charge is 0.301 e. The van der Waals surface area contributed by atoms with Gasteiger partial charge in [0.05, 0.1) is 11.9 Å². The quantitative estimate of drug-likeness (QED) is 0.656. The molecule has 1 aliphatic rings. The molecule has 3 heteroatoms. The number of aromatic nitrogens is 3. The molecule has 2 aromatic heterocycles. The highest BCUT2D eigenvalue weighted by Gasteiger charge is 2.26. The summed E-state index contributed by atoms with van der Waals surface area (Å²) in [5.74, 6) is 1.21. The van der Waals surface area contributed by atoms with Gasteiger partial charge in [0.1, 0.15) is 0 Å². The van der Waals surface area contributed by atoms with Crippen LogP contribution in [0.4, 0.5) is 0 Å². The molecule has 0 spiro atoms. The lowest BCUT2D eigenvalue weighted by atomic mass is 9.85. The summed E-state index contributed by atoms with van der Waals surface area (Å²) in [4.78, 5) is 8.81. The van der Waals surface area contributed by atoms with Gasteiger partial charge in [-0.15, -0.1) is 0 Å². The molecule has 3 nitrogen and oxygen atoms in total. The highest BCUT2D eigenvalue weighted by molar-refractivity contribution is 5.43. The molecule has 2 aromatic rings. The van der Waals surface area contributed by atoms with Gasteiger partial charge in [-0.3, -0.25) is 4.98 Å². The molecule has 0 aliphatic heterocycles. The molecule has 0 radical (unpaired) electrons. The first-order valence-corrected chi connectivity index (χ1v) is 5.59. The number of imidazole rings is 1. The van der Waals surface area contributed by atoms with Crippen molar-refractivity contribution >= 4 is 5.65 Å². The molecule has 0 saturated heterocycles. The van der Waals surface area contributed by atoms with E-state index >= 15 is 0 Å². The number of hydrogen-bond donors (Lipinski definition) is 0. The van der Waals surface area contributed by atoms with E-state index in [0.717, 1.165) is 5.65 Å². The fourth-order valence-corrected chi connectivity index (χ4v) is 2.57. The van der Waals surface area contributed by atoms with E-state index in [-0.39, 0.29) is 0 Å². The zero-order valence-electron chi connectivity index (χ0n) is 9.14. The van der Waals surface area contributed by atoms with E-state index < -0.39 is 0 Å². The average Bonchev–Trinajstić information content (AvgIpc) is 2.64. The maximum atomic E-state index is 4.69. The van der Waals surface area contributed by atoms with Crippen LogP contribution in [0.5, 0.6) is 0 Å². The Bertz CT molecular complexity index is 501. The van der Waals surface area contributed by atoms with Gasteiger partial charge in [0.15, 0.2) is 5.65 Å². The van der Waals surface area contributed by atoms with Crippen LogP contribution in [0.25, 0.3) is 5.65 Å². The second-order valence-electron chi connectivity index (χ2n) is 4.57.